The Morgan fingerprint density at radius 1 is 1.56 bits per heavy atom. The monoisotopic (exact) mass is 284 g/mol. The lowest BCUT2D eigenvalue weighted by atomic mass is 10.2. The van der Waals surface area contributed by atoms with E-state index in [1.807, 2.05) is 0 Å². The van der Waals surface area contributed by atoms with Crippen molar-refractivity contribution < 1.29 is 15.0 Å². The number of carbonyl (C=O) groups is 1. The number of pyridine rings is 1. The lowest BCUT2D eigenvalue weighted by molar-refractivity contribution is 0.0691. The summed E-state index contributed by atoms with van der Waals surface area (Å²) in [6.45, 7) is 1.61. The molecule has 0 aliphatic heterocycles. The third kappa shape index (κ3) is 1.81. The molecule has 0 fully saturated rings. The molecule has 2 aromatic heterocycles. The van der Waals surface area contributed by atoms with E-state index in [0.29, 0.717) is 11.2 Å². The molecule has 0 saturated carbocycles. The van der Waals surface area contributed by atoms with Crippen LogP contribution in [0, 0.1) is 0 Å². The van der Waals surface area contributed by atoms with Crippen molar-refractivity contribution in [2.24, 2.45) is 0 Å². The quantitative estimate of drug-likeness (QED) is 0.883. The van der Waals surface area contributed by atoms with E-state index in [1.165, 1.54) is 6.20 Å². The molecule has 1 unspecified atom stereocenters. The molecule has 5 nitrogen and oxygen atoms in total. The molecule has 2 N–H and O–H groups in total. The summed E-state index contributed by atoms with van der Waals surface area (Å²) in [5, 5.41) is 18.4. The number of aliphatic hydroxyl groups is 1. The van der Waals surface area contributed by atoms with Crippen molar-refractivity contribution >= 4 is 27.5 Å². The Balaban J connectivity index is 2.75. The zero-order chi connectivity index (χ0) is 11.9. The van der Waals surface area contributed by atoms with E-state index in [0.717, 1.165) is 4.47 Å². The van der Waals surface area contributed by atoms with Gasteiger partial charge in [0.25, 0.3) is 0 Å². The van der Waals surface area contributed by atoms with Crippen LogP contribution in [0.3, 0.4) is 0 Å². The third-order valence-corrected chi connectivity index (χ3v) is 2.65. The molecule has 2 aromatic rings. The number of nitrogens with zero attached hydrogens (tertiary/aromatic N) is 2. The molecule has 0 spiro atoms. The van der Waals surface area contributed by atoms with Gasteiger partial charge in [-0.2, -0.15) is 0 Å². The van der Waals surface area contributed by atoms with Gasteiger partial charge in [0.15, 0.2) is 5.69 Å². The van der Waals surface area contributed by atoms with Crippen molar-refractivity contribution in [2.45, 2.75) is 13.0 Å². The van der Waals surface area contributed by atoms with Crippen molar-refractivity contribution in [1.82, 2.24) is 9.38 Å². The van der Waals surface area contributed by atoms with E-state index in [4.69, 9.17) is 5.11 Å². The number of rotatable bonds is 2. The molecule has 1 atom stereocenters. The Bertz CT molecular complexity index is 562. The van der Waals surface area contributed by atoms with E-state index in [9.17, 15) is 9.90 Å². The van der Waals surface area contributed by atoms with Gasteiger partial charge in [-0.05, 0) is 28.9 Å². The van der Waals surface area contributed by atoms with E-state index in [1.54, 1.807) is 23.6 Å². The molecule has 2 heterocycles. The van der Waals surface area contributed by atoms with Gasteiger partial charge < -0.3 is 14.6 Å². The lowest BCUT2D eigenvalue weighted by Gasteiger charge is -2.06. The van der Waals surface area contributed by atoms with Gasteiger partial charge in [-0.3, -0.25) is 0 Å². The molecule has 0 amide bonds. The number of carboxylic acid groups (broad SMARTS) is 1. The number of hydrogen-bond acceptors (Lipinski definition) is 3. The minimum Gasteiger partial charge on any atom is -0.476 e. The first-order valence-corrected chi connectivity index (χ1v) is 5.38. The van der Waals surface area contributed by atoms with Crippen LogP contribution in [-0.2, 0) is 0 Å². The van der Waals surface area contributed by atoms with Crippen LogP contribution in [-0.4, -0.2) is 25.6 Å². The van der Waals surface area contributed by atoms with Crippen LogP contribution in [0.1, 0.15) is 29.1 Å². The number of carboxylic acids is 1. The predicted octanol–water partition coefficient (Wildman–Crippen LogP) is 1.85. The number of halogens is 1. The first kappa shape index (κ1) is 11.1. The summed E-state index contributed by atoms with van der Waals surface area (Å²) < 4.78 is 2.33. The van der Waals surface area contributed by atoms with Crippen LogP contribution >= 0.6 is 15.9 Å². The Morgan fingerprint density at radius 2 is 2.25 bits per heavy atom. The standard InChI is InChI=1S/C10H9BrN2O3/c1-5(14)7-2-6(11)3-13-4-8(10(15)16)12-9(7)13/h2-5,14H,1H3,(H,15,16). The molecule has 84 valence electrons. The van der Waals surface area contributed by atoms with Crippen LogP contribution in [0.25, 0.3) is 5.65 Å². The molecular weight excluding hydrogens is 276 g/mol. The van der Waals surface area contributed by atoms with Gasteiger partial charge in [0.05, 0.1) is 6.10 Å². The maximum absolute atomic E-state index is 10.8. The second-order valence-corrected chi connectivity index (χ2v) is 4.37. The van der Waals surface area contributed by atoms with Crippen LogP contribution in [0.2, 0.25) is 0 Å². The van der Waals surface area contributed by atoms with Gasteiger partial charge in [0, 0.05) is 22.4 Å². The Hall–Kier alpha value is -1.40. The predicted molar refractivity (Wildman–Crippen MR) is 60.5 cm³/mol. The maximum atomic E-state index is 10.8. The van der Waals surface area contributed by atoms with Gasteiger partial charge in [0.1, 0.15) is 5.65 Å². The lowest BCUT2D eigenvalue weighted by Crippen LogP contribution is -1.97. The fourth-order valence-electron chi connectivity index (χ4n) is 1.50. The molecule has 0 aliphatic carbocycles. The molecular formula is C10H9BrN2O3. The van der Waals surface area contributed by atoms with Gasteiger partial charge in [-0.15, -0.1) is 0 Å². The molecule has 0 aliphatic rings. The van der Waals surface area contributed by atoms with Crippen LogP contribution in [0.15, 0.2) is 22.9 Å². The summed E-state index contributed by atoms with van der Waals surface area (Å²) >= 11 is 3.29. The summed E-state index contributed by atoms with van der Waals surface area (Å²) in [7, 11) is 0. The summed E-state index contributed by atoms with van der Waals surface area (Å²) in [6, 6.07) is 1.72. The number of aromatic carboxylic acids is 1. The fourth-order valence-corrected chi connectivity index (χ4v) is 1.97. The molecule has 2 rings (SSSR count). The highest BCUT2D eigenvalue weighted by molar-refractivity contribution is 9.10. The molecule has 0 bridgehead atoms. The van der Waals surface area contributed by atoms with E-state index < -0.39 is 12.1 Å². The van der Waals surface area contributed by atoms with E-state index >= 15 is 0 Å². The average Bonchev–Trinajstić information content (AvgIpc) is 2.59. The van der Waals surface area contributed by atoms with E-state index in [2.05, 4.69) is 20.9 Å². The number of fused-ring (bicyclic) bond motifs is 1. The Labute approximate surface area is 99.5 Å². The molecule has 0 radical (unpaired) electrons. The summed E-state index contributed by atoms with van der Waals surface area (Å²) in [5.74, 6) is -1.09. The Kier molecular flexibility index (Phi) is 2.69. The largest absolute Gasteiger partial charge is 0.476 e. The number of aromatic nitrogens is 2. The molecule has 16 heavy (non-hydrogen) atoms. The van der Waals surface area contributed by atoms with Gasteiger partial charge in [-0.1, -0.05) is 0 Å². The highest BCUT2D eigenvalue weighted by Crippen LogP contribution is 2.23. The molecule has 6 heteroatoms. The van der Waals surface area contributed by atoms with Crippen molar-refractivity contribution in [3.63, 3.8) is 0 Å². The van der Waals surface area contributed by atoms with Gasteiger partial charge in [-0.25, -0.2) is 9.78 Å². The zero-order valence-electron chi connectivity index (χ0n) is 8.38. The van der Waals surface area contributed by atoms with Gasteiger partial charge in [0.2, 0.25) is 0 Å². The SMILES string of the molecule is CC(O)c1cc(Br)cn2cc(C(=O)O)nc12. The van der Waals surface area contributed by atoms with Crippen molar-refractivity contribution in [2.75, 3.05) is 0 Å². The first-order chi connectivity index (χ1) is 7.49. The van der Waals surface area contributed by atoms with Gasteiger partial charge >= 0.3 is 5.97 Å². The van der Waals surface area contributed by atoms with Crippen molar-refractivity contribution in [1.29, 1.82) is 0 Å². The Morgan fingerprint density at radius 3 is 2.81 bits per heavy atom. The smallest absolute Gasteiger partial charge is 0.356 e. The normalized spacial score (nSPS) is 12.9. The van der Waals surface area contributed by atoms with Crippen LogP contribution in [0.4, 0.5) is 0 Å². The topological polar surface area (TPSA) is 74.8 Å². The fraction of sp³-hybridized carbons (Fsp3) is 0.200. The summed E-state index contributed by atoms with van der Waals surface area (Å²) in [6.07, 6.45) is 2.40. The van der Waals surface area contributed by atoms with Crippen molar-refractivity contribution in [3.8, 4) is 0 Å². The third-order valence-electron chi connectivity index (χ3n) is 2.22. The highest BCUT2D eigenvalue weighted by atomic mass is 79.9. The first-order valence-electron chi connectivity index (χ1n) is 4.58. The van der Waals surface area contributed by atoms with Crippen LogP contribution < -0.4 is 0 Å². The number of imidazole rings is 1. The second kappa shape index (κ2) is 3.88. The van der Waals surface area contributed by atoms with Crippen LogP contribution in [0.5, 0.6) is 0 Å². The molecule has 0 aromatic carbocycles. The number of aliphatic hydroxyl groups excluding tert-OH is 1. The minimum atomic E-state index is -1.09. The highest BCUT2D eigenvalue weighted by Gasteiger charge is 2.14. The van der Waals surface area contributed by atoms with E-state index in [-0.39, 0.29) is 5.69 Å². The second-order valence-electron chi connectivity index (χ2n) is 3.45. The zero-order valence-corrected chi connectivity index (χ0v) is 9.97. The minimum absolute atomic E-state index is 0.0417. The van der Waals surface area contributed by atoms with Crippen molar-refractivity contribution in [3.05, 3.63) is 34.2 Å². The maximum Gasteiger partial charge on any atom is 0.356 e. The number of hydrogen-bond donors (Lipinski definition) is 2. The summed E-state index contributed by atoms with van der Waals surface area (Å²) in [4.78, 5) is 14.7. The molecule has 0 saturated heterocycles. The summed E-state index contributed by atoms with van der Waals surface area (Å²) in [5.41, 5.74) is 0.998. The average molecular weight is 285 g/mol.